The summed E-state index contributed by atoms with van der Waals surface area (Å²) in [4.78, 5) is 8.50. The molecule has 2 heterocycles. The molecule has 0 aliphatic heterocycles. The van der Waals surface area contributed by atoms with E-state index in [1.54, 1.807) is 18.0 Å². The van der Waals surface area contributed by atoms with Crippen LogP contribution in [0.2, 0.25) is 0 Å². The van der Waals surface area contributed by atoms with Crippen LogP contribution in [0.1, 0.15) is 18.3 Å². The average molecular weight is 280 g/mol. The first-order chi connectivity index (χ1) is 8.88. The first kappa shape index (κ1) is 13.5. The van der Waals surface area contributed by atoms with Gasteiger partial charge in [0.15, 0.2) is 4.34 Å². The number of aryl methyl sites for hydroxylation is 1. The number of nitrogens with zero attached hydrogens (tertiary/aromatic N) is 3. The maximum Gasteiger partial charge on any atom is 0.170 e. The molecular weight excluding hydrogens is 264 g/mol. The van der Waals surface area contributed by atoms with E-state index in [9.17, 15) is 0 Å². The van der Waals surface area contributed by atoms with Gasteiger partial charge >= 0.3 is 0 Å². The molecule has 0 saturated heterocycles. The second-order valence-electron chi connectivity index (χ2n) is 3.72. The van der Waals surface area contributed by atoms with Crippen LogP contribution in [0.5, 0.6) is 0 Å². The van der Waals surface area contributed by atoms with E-state index in [1.165, 1.54) is 17.1 Å². The highest BCUT2D eigenvalue weighted by Crippen LogP contribution is 2.19. The van der Waals surface area contributed by atoms with Crippen molar-refractivity contribution in [2.75, 3.05) is 12.3 Å². The molecule has 0 aromatic carbocycles. The van der Waals surface area contributed by atoms with Crippen molar-refractivity contribution < 1.29 is 0 Å². The molecule has 18 heavy (non-hydrogen) atoms. The molecule has 0 aliphatic carbocycles. The largest absolute Gasteiger partial charge is 0.312 e. The number of thioether (sulfide) groups is 1. The maximum atomic E-state index is 4.42. The second-order valence-corrected chi connectivity index (χ2v) is 5.81. The van der Waals surface area contributed by atoms with Crippen molar-refractivity contribution in [2.45, 2.75) is 24.2 Å². The van der Waals surface area contributed by atoms with Gasteiger partial charge in [0.1, 0.15) is 5.82 Å². The van der Waals surface area contributed by atoms with Gasteiger partial charge in [-0.1, -0.05) is 24.8 Å². The van der Waals surface area contributed by atoms with Gasteiger partial charge < -0.3 is 5.32 Å². The molecule has 96 valence electrons. The monoisotopic (exact) mass is 280 g/mol. The summed E-state index contributed by atoms with van der Waals surface area (Å²) < 4.78 is 5.33. The molecule has 0 amide bonds. The van der Waals surface area contributed by atoms with Crippen LogP contribution in [0.15, 0.2) is 28.9 Å². The zero-order valence-corrected chi connectivity index (χ0v) is 11.9. The normalized spacial score (nSPS) is 10.7. The Morgan fingerprint density at radius 2 is 2.39 bits per heavy atom. The molecule has 0 unspecified atom stereocenters. The molecular formula is C12H16N4S2. The topological polar surface area (TPSA) is 50.7 Å². The zero-order chi connectivity index (χ0) is 12.6. The lowest BCUT2D eigenvalue weighted by Crippen LogP contribution is -2.16. The van der Waals surface area contributed by atoms with Crippen LogP contribution in [0.3, 0.4) is 0 Å². The Balaban J connectivity index is 1.61. The van der Waals surface area contributed by atoms with E-state index in [0.717, 1.165) is 35.4 Å². The van der Waals surface area contributed by atoms with E-state index in [2.05, 4.69) is 32.6 Å². The van der Waals surface area contributed by atoms with E-state index in [4.69, 9.17) is 0 Å². The number of pyridine rings is 1. The highest BCUT2D eigenvalue weighted by Gasteiger charge is 2.02. The zero-order valence-electron chi connectivity index (χ0n) is 10.3. The van der Waals surface area contributed by atoms with Crippen molar-refractivity contribution in [3.8, 4) is 0 Å². The highest BCUT2D eigenvalue weighted by molar-refractivity contribution is 8.00. The van der Waals surface area contributed by atoms with E-state index in [-0.39, 0.29) is 0 Å². The molecule has 0 saturated carbocycles. The van der Waals surface area contributed by atoms with E-state index in [0.29, 0.717) is 0 Å². The minimum absolute atomic E-state index is 0.866. The Labute approximate surface area is 115 Å². The first-order valence-electron chi connectivity index (χ1n) is 5.93. The standard InChI is InChI=1S/C12H16N4S2/c1-2-11-15-12(18-16-11)17-7-6-14-9-10-4-3-5-13-8-10/h3-5,8,14H,2,6-7,9H2,1H3. The second kappa shape index (κ2) is 7.45. The average Bonchev–Trinajstić information content (AvgIpc) is 2.87. The molecule has 0 radical (unpaired) electrons. The van der Waals surface area contributed by atoms with E-state index in [1.807, 2.05) is 12.3 Å². The van der Waals surface area contributed by atoms with Crippen LogP contribution in [0.4, 0.5) is 0 Å². The van der Waals surface area contributed by atoms with Crippen LogP contribution in [0, 0.1) is 0 Å². The summed E-state index contributed by atoms with van der Waals surface area (Å²) in [5.74, 6) is 1.96. The van der Waals surface area contributed by atoms with Crippen molar-refractivity contribution in [1.29, 1.82) is 0 Å². The van der Waals surface area contributed by atoms with Gasteiger partial charge in [-0.15, -0.1) is 0 Å². The number of hydrogen-bond donors (Lipinski definition) is 1. The van der Waals surface area contributed by atoms with E-state index < -0.39 is 0 Å². The lowest BCUT2D eigenvalue weighted by Gasteiger charge is -2.02. The SMILES string of the molecule is CCc1nsc(SCCNCc2cccnc2)n1. The van der Waals surface area contributed by atoms with Crippen LogP contribution in [-0.4, -0.2) is 26.6 Å². The fraction of sp³-hybridized carbons (Fsp3) is 0.417. The summed E-state index contributed by atoms with van der Waals surface area (Å²) in [7, 11) is 0. The van der Waals surface area contributed by atoms with Gasteiger partial charge in [-0.05, 0) is 23.2 Å². The van der Waals surface area contributed by atoms with Gasteiger partial charge in [-0.3, -0.25) is 4.98 Å². The third-order valence-corrected chi connectivity index (χ3v) is 4.20. The Kier molecular flexibility index (Phi) is 5.57. The van der Waals surface area contributed by atoms with Crippen molar-refractivity contribution in [3.05, 3.63) is 35.9 Å². The lowest BCUT2D eigenvalue weighted by atomic mass is 10.3. The van der Waals surface area contributed by atoms with E-state index >= 15 is 0 Å². The van der Waals surface area contributed by atoms with Gasteiger partial charge in [0.25, 0.3) is 0 Å². The third kappa shape index (κ3) is 4.36. The van der Waals surface area contributed by atoms with Gasteiger partial charge in [-0.2, -0.15) is 4.37 Å². The van der Waals surface area contributed by atoms with Crippen molar-refractivity contribution in [2.24, 2.45) is 0 Å². The molecule has 0 aliphatic rings. The third-order valence-electron chi connectivity index (χ3n) is 2.32. The van der Waals surface area contributed by atoms with Crippen molar-refractivity contribution in [1.82, 2.24) is 19.7 Å². The molecule has 2 aromatic rings. The molecule has 0 bridgehead atoms. The Morgan fingerprint density at radius 1 is 1.44 bits per heavy atom. The molecule has 0 spiro atoms. The number of hydrogen-bond acceptors (Lipinski definition) is 6. The van der Waals surface area contributed by atoms with Gasteiger partial charge in [0, 0.05) is 37.7 Å². The summed E-state index contributed by atoms with van der Waals surface area (Å²) in [5, 5.41) is 3.39. The van der Waals surface area contributed by atoms with Gasteiger partial charge in [0.05, 0.1) is 0 Å². The summed E-state index contributed by atoms with van der Waals surface area (Å²) >= 11 is 3.25. The van der Waals surface area contributed by atoms with Crippen LogP contribution < -0.4 is 5.32 Å². The molecule has 4 nitrogen and oxygen atoms in total. The smallest absolute Gasteiger partial charge is 0.170 e. The highest BCUT2D eigenvalue weighted by atomic mass is 32.2. The summed E-state index contributed by atoms with van der Waals surface area (Å²) in [6.45, 7) is 3.90. The quantitative estimate of drug-likeness (QED) is 0.623. The molecule has 1 N–H and O–H groups in total. The Hall–Kier alpha value is -0.980. The van der Waals surface area contributed by atoms with Gasteiger partial charge in [0.2, 0.25) is 0 Å². The summed E-state index contributed by atoms with van der Waals surface area (Å²) in [6, 6.07) is 4.03. The minimum atomic E-state index is 0.866. The summed E-state index contributed by atoms with van der Waals surface area (Å²) in [5.41, 5.74) is 1.21. The molecule has 2 rings (SSSR count). The molecule has 6 heteroatoms. The van der Waals surface area contributed by atoms with Crippen molar-refractivity contribution >= 4 is 23.3 Å². The number of aromatic nitrogens is 3. The maximum absolute atomic E-state index is 4.42. The molecule has 2 aromatic heterocycles. The fourth-order valence-corrected chi connectivity index (χ4v) is 3.05. The summed E-state index contributed by atoms with van der Waals surface area (Å²) in [6.07, 6.45) is 4.59. The number of nitrogens with one attached hydrogen (secondary N) is 1. The van der Waals surface area contributed by atoms with Gasteiger partial charge in [-0.25, -0.2) is 4.98 Å². The predicted octanol–water partition coefficient (Wildman–Crippen LogP) is 2.38. The molecule has 0 atom stereocenters. The Morgan fingerprint density at radius 3 is 3.11 bits per heavy atom. The van der Waals surface area contributed by atoms with Crippen LogP contribution >= 0.6 is 23.3 Å². The predicted molar refractivity (Wildman–Crippen MR) is 76.0 cm³/mol. The van der Waals surface area contributed by atoms with Crippen molar-refractivity contribution in [3.63, 3.8) is 0 Å². The Bertz CT molecular complexity index is 458. The minimum Gasteiger partial charge on any atom is -0.312 e. The fourth-order valence-electron chi connectivity index (χ4n) is 1.39. The molecule has 0 fully saturated rings. The van der Waals surface area contributed by atoms with Crippen LogP contribution in [0.25, 0.3) is 0 Å². The lowest BCUT2D eigenvalue weighted by molar-refractivity contribution is 0.729. The van der Waals surface area contributed by atoms with Crippen LogP contribution in [-0.2, 0) is 13.0 Å². The number of rotatable bonds is 7. The first-order valence-corrected chi connectivity index (χ1v) is 7.69.